The number of benzene rings is 6. The molecular weight excluding hydrogens is 1330 g/mol. The second-order valence-corrected chi connectivity index (χ2v) is 30.2. The summed E-state index contributed by atoms with van der Waals surface area (Å²) in [4.78, 5) is 38.4. The van der Waals surface area contributed by atoms with Crippen LogP contribution in [0.4, 0.5) is 17.1 Å². The van der Waals surface area contributed by atoms with Crippen LogP contribution in [0.1, 0.15) is 151 Å². The minimum atomic E-state index is -1.96. The molecule has 0 aliphatic carbocycles. The molecule has 6 aliphatic rings. The Morgan fingerprint density at radius 3 is 1.08 bits per heavy atom. The van der Waals surface area contributed by atoms with Crippen molar-refractivity contribution in [2.75, 3.05) is 65.2 Å². The maximum absolute atomic E-state index is 12.8. The summed E-state index contributed by atoms with van der Waals surface area (Å²) in [5.74, 6) is -0.287. The van der Waals surface area contributed by atoms with Gasteiger partial charge in [0.1, 0.15) is 34.5 Å². The molecule has 0 spiro atoms. The van der Waals surface area contributed by atoms with E-state index in [1.54, 1.807) is 141 Å². The van der Waals surface area contributed by atoms with Crippen LogP contribution in [0.15, 0.2) is 127 Å². The van der Waals surface area contributed by atoms with Crippen molar-refractivity contribution in [1.29, 1.82) is 0 Å². The molecule has 3 saturated heterocycles. The summed E-state index contributed by atoms with van der Waals surface area (Å²) in [6, 6.07) is 29.9. The van der Waals surface area contributed by atoms with Crippen LogP contribution in [0, 0.1) is 10.8 Å². The third-order valence-electron chi connectivity index (χ3n) is 21.2. The molecule has 6 heterocycles. The number of hydrogen-bond acceptors (Lipinski definition) is 20. The average molecular weight is 1430 g/mol. The van der Waals surface area contributed by atoms with E-state index >= 15 is 0 Å². The van der Waals surface area contributed by atoms with Crippen molar-refractivity contribution < 1.29 is 97.9 Å². The number of carbonyl (C=O) groups is 3. The molecule has 6 aromatic rings. The fourth-order valence-corrected chi connectivity index (χ4v) is 14.4. The first-order valence-electron chi connectivity index (χ1n) is 34.6. The maximum atomic E-state index is 12.8. The number of nitrogens with one attached hydrogen (secondary N) is 3. The lowest BCUT2D eigenvalue weighted by Crippen LogP contribution is -2.52. The Hall–Kier alpha value is -8.69. The minimum absolute atomic E-state index is 0.131. The maximum Gasteiger partial charge on any atom is 0.257 e. The summed E-state index contributed by atoms with van der Waals surface area (Å²) in [5, 5.41) is 98.8. The number of amides is 3. The highest BCUT2D eigenvalue weighted by atomic mass is 16.6. The molecule has 0 radical (unpaired) electrons. The van der Waals surface area contributed by atoms with Gasteiger partial charge in [-0.3, -0.25) is 14.4 Å². The van der Waals surface area contributed by atoms with Crippen molar-refractivity contribution in [3.05, 3.63) is 177 Å². The molecule has 11 unspecified atom stereocenters. The molecule has 11 N–H and O–H groups in total. The van der Waals surface area contributed by atoms with Crippen LogP contribution in [0.2, 0.25) is 0 Å². The van der Waals surface area contributed by atoms with Gasteiger partial charge in [0.15, 0.2) is 41.4 Å². The SMILES string of the molecule is COc1ccc(C2(O)c3c(ccc(/C=C/C4(C)CCC(C)(C)C(O)O4)c3O)NC(=O)C2OC)cc1.COc1ccc(C2(O)c3c(ccc(/C=C/C4(C)CCC(C)(C)CO4)c3O)NC(=O)C2OC)cc1.COc1ccc(C2(O)c3c(ccc(/C=C/C4(C)CCC(O)C(C)(C)O4)c3O)NC(=O)C2OC)cc1. The molecule has 3 fully saturated rings. The van der Waals surface area contributed by atoms with Crippen molar-refractivity contribution >= 4 is 53.0 Å². The van der Waals surface area contributed by atoms with E-state index in [1.165, 1.54) is 35.5 Å². The van der Waals surface area contributed by atoms with Crippen molar-refractivity contribution in [2.24, 2.45) is 10.8 Å². The lowest BCUT2D eigenvalue weighted by atomic mass is 9.76. The molecule has 104 heavy (non-hydrogen) atoms. The molecule has 558 valence electrons. The number of methoxy groups -OCH3 is 6. The molecule has 0 aromatic heterocycles. The Bertz CT molecular complexity index is 4240. The van der Waals surface area contributed by atoms with E-state index in [9.17, 15) is 55.2 Å². The molecule has 0 bridgehead atoms. The fraction of sp³-hybridized carbons (Fsp3) is 0.444. The number of carbonyl (C=O) groups excluding carboxylic acids is 3. The topological polar surface area (TPSA) is 332 Å². The first kappa shape index (κ1) is 77.9. The first-order valence-corrected chi connectivity index (χ1v) is 34.6. The summed E-state index contributed by atoms with van der Waals surface area (Å²) in [6.45, 7) is 18.5. The van der Waals surface area contributed by atoms with Gasteiger partial charge in [0, 0.05) is 43.4 Å². The number of aliphatic hydroxyl groups is 5. The van der Waals surface area contributed by atoms with Crippen LogP contribution in [-0.2, 0) is 59.6 Å². The average Bonchev–Trinajstić information content (AvgIpc) is 0.739. The quantitative estimate of drug-likeness (QED) is 0.0455. The number of aliphatic hydroxyl groups excluding tert-OH is 2. The number of phenols is 3. The molecular formula is C81H99N3O20. The predicted octanol–water partition coefficient (Wildman–Crippen LogP) is 11.1. The highest BCUT2D eigenvalue weighted by molar-refractivity contribution is 6.02. The zero-order valence-electron chi connectivity index (χ0n) is 61.7. The first-order chi connectivity index (χ1) is 48.9. The summed E-state index contributed by atoms with van der Waals surface area (Å²) in [6.07, 6.45) is 10.0. The van der Waals surface area contributed by atoms with Crippen molar-refractivity contribution in [3.63, 3.8) is 0 Å². The molecule has 0 saturated carbocycles. The van der Waals surface area contributed by atoms with Gasteiger partial charge in [-0.25, -0.2) is 0 Å². The lowest BCUT2D eigenvalue weighted by Gasteiger charge is -2.45. The second-order valence-electron chi connectivity index (χ2n) is 30.2. The molecule has 23 heteroatoms. The van der Waals surface area contributed by atoms with E-state index in [2.05, 4.69) is 29.8 Å². The van der Waals surface area contributed by atoms with Crippen LogP contribution in [0.5, 0.6) is 34.5 Å². The molecule has 6 aliphatic heterocycles. The zero-order chi connectivity index (χ0) is 75.9. The minimum Gasteiger partial charge on any atom is -0.507 e. The lowest BCUT2D eigenvalue weighted by molar-refractivity contribution is -0.243. The fourth-order valence-electron chi connectivity index (χ4n) is 14.4. The molecule has 23 nitrogen and oxygen atoms in total. The highest BCUT2D eigenvalue weighted by Gasteiger charge is 2.55. The smallest absolute Gasteiger partial charge is 0.257 e. The van der Waals surface area contributed by atoms with Gasteiger partial charge in [-0.15, -0.1) is 0 Å². The number of fused-ring (bicyclic) bond motifs is 3. The van der Waals surface area contributed by atoms with Crippen LogP contribution < -0.4 is 30.2 Å². The van der Waals surface area contributed by atoms with Gasteiger partial charge < -0.3 is 99.4 Å². The highest BCUT2D eigenvalue weighted by Crippen LogP contribution is 2.53. The number of phenolic OH excluding ortho intramolecular Hbond substituents is 3. The van der Waals surface area contributed by atoms with Crippen molar-refractivity contribution in [1.82, 2.24) is 0 Å². The van der Waals surface area contributed by atoms with Gasteiger partial charge in [0.05, 0.1) is 90.2 Å². The van der Waals surface area contributed by atoms with E-state index in [0.717, 1.165) is 19.3 Å². The van der Waals surface area contributed by atoms with Crippen LogP contribution in [-0.4, -0.2) is 161 Å². The van der Waals surface area contributed by atoms with Crippen LogP contribution in [0.25, 0.3) is 18.2 Å². The van der Waals surface area contributed by atoms with Gasteiger partial charge in [-0.1, -0.05) is 101 Å². The molecule has 12 rings (SSSR count). The largest absolute Gasteiger partial charge is 0.507 e. The Morgan fingerprint density at radius 1 is 0.433 bits per heavy atom. The number of ether oxygens (including phenoxy) is 9. The predicted molar refractivity (Wildman–Crippen MR) is 392 cm³/mol. The summed E-state index contributed by atoms with van der Waals surface area (Å²) in [7, 11) is 8.64. The van der Waals surface area contributed by atoms with Gasteiger partial charge >= 0.3 is 0 Å². The van der Waals surface area contributed by atoms with Gasteiger partial charge in [0.25, 0.3) is 17.7 Å². The Kier molecular flexibility index (Phi) is 22.2. The standard InChI is InChI=1S/2C27H33NO7.C27H33NO6/c1-25(2)20(29)13-15-26(3,35-25)14-12-16-6-11-19-21(22(16)30)27(32,23(34-5)24(31)28-19)17-7-9-18(33-4)10-8-17;1-25(2)14-15-26(3,35-24(25)31)13-12-16-6-11-19-20(21(16)29)27(32,22(34-5)23(30)28-19)17-7-9-18(33-4)10-8-17;1-25(2)14-15-26(3,34-16-25)13-12-17-6-11-20-21(22(17)29)27(31,23(33-5)24(30)28-20)18-7-9-19(32-4)10-8-18/h6-12,14,20,23,29-30,32H,13,15H2,1-5H3,(H,28,31);6-13,22,24,29,31-32H,14-15H2,1-5H3,(H,28,30);6-13,23,29,31H,14-16H2,1-5H3,(H,28,30)/b14-12+;2*13-12+. The second kappa shape index (κ2) is 29.7. The summed E-state index contributed by atoms with van der Waals surface area (Å²) < 4.78 is 50.1. The van der Waals surface area contributed by atoms with Crippen molar-refractivity contribution in [3.8, 4) is 34.5 Å². The molecule has 3 amide bonds. The van der Waals surface area contributed by atoms with Gasteiger partial charge in [0.2, 0.25) is 0 Å². The van der Waals surface area contributed by atoms with Crippen LogP contribution >= 0.6 is 0 Å². The number of rotatable bonds is 15. The third-order valence-corrected chi connectivity index (χ3v) is 21.2. The van der Waals surface area contributed by atoms with E-state index in [1.807, 2.05) is 60.6 Å². The monoisotopic (exact) mass is 1430 g/mol. The number of hydrogen-bond donors (Lipinski definition) is 11. The van der Waals surface area contributed by atoms with E-state index < -0.39 is 87.6 Å². The Morgan fingerprint density at radius 2 is 0.769 bits per heavy atom. The summed E-state index contributed by atoms with van der Waals surface area (Å²) in [5.41, 5.74) is -4.71. The summed E-state index contributed by atoms with van der Waals surface area (Å²) >= 11 is 0. The zero-order valence-corrected chi connectivity index (χ0v) is 61.7. The van der Waals surface area contributed by atoms with E-state index in [0.29, 0.717) is 87.9 Å². The molecule has 6 aromatic carbocycles. The van der Waals surface area contributed by atoms with Gasteiger partial charge in [-0.2, -0.15) is 0 Å². The van der Waals surface area contributed by atoms with Gasteiger partial charge in [-0.05, 0) is 168 Å². The van der Waals surface area contributed by atoms with E-state index in [4.69, 9.17) is 42.6 Å². The Labute approximate surface area is 607 Å². The number of anilines is 3. The van der Waals surface area contributed by atoms with Crippen molar-refractivity contribution in [2.45, 2.75) is 171 Å². The normalized spacial score (nSPS) is 29.5. The number of aromatic hydroxyl groups is 3. The van der Waals surface area contributed by atoms with E-state index in [-0.39, 0.29) is 50.5 Å². The third kappa shape index (κ3) is 15.0. The van der Waals surface area contributed by atoms with Crippen LogP contribution in [0.3, 0.4) is 0 Å². The molecule has 11 atom stereocenters. The Balaban J connectivity index is 0.000000167.